The maximum atomic E-state index is 11.0. The van der Waals surface area contributed by atoms with E-state index in [1.54, 1.807) is 18.5 Å². The molecule has 1 aromatic heterocycles. The van der Waals surface area contributed by atoms with Crippen molar-refractivity contribution >= 4 is 18.3 Å². The molecular formula is C12H21N3O2S. The number of aromatic nitrogens is 2. The van der Waals surface area contributed by atoms with Crippen LogP contribution in [0, 0.1) is 29.4 Å². The highest BCUT2D eigenvalue weighted by atomic mass is 32.1. The van der Waals surface area contributed by atoms with Crippen LogP contribution in [0.2, 0.25) is 0 Å². The molecule has 18 heavy (non-hydrogen) atoms. The van der Waals surface area contributed by atoms with Crippen LogP contribution in [0.4, 0.5) is 5.69 Å². The van der Waals surface area contributed by atoms with Gasteiger partial charge in [0.25, 0.3) is 0 Å². The summed E-state index contributed by atoms with van der Waals surface area (Å²) in [4.78, 5) is 10.6. The Balaban J connectivity index is 3.12. The molecule has 5 nitrogen and oxygen atoms in total. The van der Waals surface area contributed by atoms with E-state index in [0.717, 1.165) is 18.6 Å². The molecule has 1 aromatic rings. The molecule has 0 saturated carbocycles. The van der Waals surface area contributed by atoms with Crippen LogP contribution in [0.1, 0.15) is 38.1 Å². The van der Waals surface area contributed by atoms with Crippen molar-refractivity contribution in [2.24, 2.45) is 5.41 Å². The van der Waals surface area contributed by atoms with Crippen molar-refractivity contribution in [1.82, 2.24) is 9.78 Å². The first-order valence-corrected chi connectivity index (χ1v) is 6.83. The van der Waals surface area contributed by atoms with Crippen LogP contribution < -0.4 is 0 Å². The number of aryl methyl sites for hydroxylation is 1. The lowest BCUT2D eigenvalue weighted by molar-refractivity contribution is -0.386. The Kier molecular flexibility index (Phi) is 4.78. The zero-order valence-electron chi connectivity index (χ0n) is 11.4. The number of thiol groups is 1. The average molecular weight is 271 g/mol. The lowest BCUT2D eigenvalue weighted by atomic mass is 9.84. The number of rotatable bonds is 6. The molecule has 0 unspecified atom stereocenters. The molecule has 1 heterocycles. The van der Waals surface area contributed by atoms with Gasteiger partial charge in [0.05, 0.1) is 4.92 Å². The molecule has 0 radical (unpaired) electrons. The predicted octanol–water partition coefficient (Wildman–Crippen LogP) is 3.14. The van der Waals surface area contributed by atoms with E-state index < -0.39 is 0 Å². The van der Waals surface area contributed by atoms with Gasteiger partial charge in [-0.1, -0.05) is 13.8 Å². The summed E-state index contributed by atoms with van der Waals surface area (Å²) >= 11 is 4.42. The first-order valence-electron chi connectivity index (χ1n) is 6.20. The molecule has 0 aliphatic rings. The number of hydrogen-bond donors (Lipinski definition) is 1. The van der Waals surface area contributed by atoms with E-state index in [1.165, 1.54) is 0 Å². The molecule has 6 heteroatoms. The molecule has 1 rings (SSSR count). The summed E-state index contributed by atoms with van der Waals surface area (Å²) in [6.07, 6.45) is 1.97. The molecule has 102 valence electrons. The first-order chi connectivity index (χ1) is 8.40. The van der Waals surface area contributed by atoms with E-state index in [-0.39, 0.29) is 16.0 Å². The van der Waals surface area contributed by atoms with Gasteiger partial charge in [-0.2, -0.15) is 17.7 Å². The standard InChI is InChI=1S/C12H21N3O2S/c1-5-12(6-2,8-18)7-14-10(4)11(15(16)17)9(3)13-14/h18H,5-8H2,1-4H3. The van der Waals surface area contributed by atoms with Crippen molar-refractivity contribution < 1.29 is 4.92 Å². The van der Waals surface area contributed by atoms with Crippen LogP contribution in [0.25, 0.3) is 0 Å². The Morgan fingerprint density at radius 2 is 1.94 bits per heavy atom. The molecule has 0 saturated heterocycles. The first kappa shape index (κ1) is 15.0. The summed E-state index contributed by atoms with van der Waals surface area (Å²) < 4.78 is 1.76. The molecule has 0 bridgehead atoms. The zero-order chi connectivity index (χ0) is 13.9. The topological polar surface area (TPSA) is 61.0 Å². The zero-order valence-corrected chi connectivity index (χ0v) is 12.3. The molecule has 0 aliphatic carbocycles. The van der Waals surface area contributed by atoms with Gasteiger partial charge in [-0.3, -0.25) is 14.8 Å². The van der Waals surface area contributed by atoms with E-state index in [1.807, 2.05) is 0 Å². The number of nitro groups is 1. The Bertz CT molecular complexity index is 431. The van der Waals surface area contributed by atoms with Gasteiger partial charge >= 0.3 is 5.69 Å². The van der Waals surface area contributed by atoms with E-state index in [9.17, 15) is 10.1 Å². The molecule has 0 N–H and O–H groups in total. The van der Waals surface area contributed by atoms with Crippen LogP contribution in [0.15, 0.2) is 0 Å². The van der Waals surface area contributed by atoms with Crippen molar-refractivity contribution in [3.63, 3.8) is 0 Å². The predicted molar refractivity (Wildman–Crippen MR) is 75.2 cm³/mol. The second-order valence-corrected chi connectivity index (χ2v) is 5.12. The van der Waals surface area contributed by atoms with Gasteiger partial charge in [-0.05, 0) is 37.9 Å². The Hall–Kier alpha value is -1.04. The largest absolute Gasteiger partial charge is 0.312 e. The normalized spacial score (nSPS) is 11.8. The van der Waals surface area contributed by atoms with Crippen molar-refractivity contribution in [1.29, 1.82) is 0 Å². The molecule has 0 amide bonds. The third-order valence-electron chi connectivity index (χ3n) is 3.85. The fourth-order valence-electron chi connectivity index (χ4n) is 2.17. The number of hydrogen-bond acceptors (Lipinski definition) is 4. The van der Waals surface area contributed by atoms with Crippen LogP contribution in [0.5, 0.6) is 0 Å². The number of nitrogens with zero attached hydrogens (tertiary/aromatic N) is 3. The van der Waals surface area contributed by atoms with Gasteiger partial charge < -0.3 is 0 Å². The van der Waals surface area contributed by atoms with Gasteiger partial charge in [-0.15, -0.1) is 0 Å². The SMILES string of the molecule is CCC(CC)(CS)Cn1nc(C)c([N+](=O)[O-])c1C. The molecular weight excluding hydrogens is 250 g/mol. The smallest absolute Gasteiger partial charge is 0.262 e. The van der Waals surface area contributed by atoms with Gasteiger partial charge in [0.1, 0.15) is 11.4 Å². The van der Waals surface area contributed by atoms with Crippen LogP contribution in [-0.2, 0) is 6.54 Å². The van der Waals surface area contributed by atoms with Crippen molar-refractivity contribution in [3.8, 4) is 0 Å². The fourth-order valence-corrected chi connectivity index (χ4v) is 2.72. The maximum absolute atomic E-state index is 11.0. The van der Waals surface area contributed by atoms with E-state index in [4.69, 9.17) is 0 Å². The minimum Gasteiger partial charge on any atom is -0.262 e. The fraction of sp³-hybridized carbons (Fsp3) is 0.750. The lowest BCUT2D eigenvalue weighted by Gasteiger charge is -2.30. The van der Waals surface area contributed by atoms with Crippen molar-refractivity contribution in [2.45, 2.75) is 47.1 Å². The van der Waals surface area contributed by atoms with E-state index >= 15 is 0 Å². The molecule has 0 fully saturated rings. The van der Waals surface area contributed by atoms with Crippen LogP contribution in [-0.4, -0.2) is 20.5 Å². The summed E-state index contributed by atoms with van der Waals surface area (Å²) in [5.74, 6) is 0.756. The average Bonchev–Trinajstić information content (AvgIpc) is 2.61. The highest BCUT2D eigenvalue weighted by Gasteiger charge is 2.29. The van der Waals surface area contributed by atoms with Gasteiger partial charge in [0, 0.05) is 6.54 Å². The molecule has 0 atom stereocenters. The molecule has 0 aliphatic heterocycles. The highest BCUT2D eigenvalue weighted by Crippen LogP contribution is 2.32. The summed E-state index contributed by atoms with van der Waals surface area (Å²) in [6, 6.07) is 0. The summed E-state index contributed by atoms with van der Waals surface area (Å²) in [5, 5.41) is 15.3. The van der Waals surface area contributed by atoms with Gasteiger partial charge in [-0.25, -0.2) is 0 Å². The third kappa shape index (κ3) is 2.68. The maximum Gasteiger partial charge on any atom is 0.312 e. The van der Waals surface area contributed by atoms with E-state index in [2.05, 4.69) is 31.6 Å². The summed E-state index contributed by atoms with van der Waals surface area (Å²) in [5.41, 5.74) is 1.30. The lowest BCUT2D eigenvalue weighted by Crippen LogP contribution is -2.28. The molecule has 0 aromatic carbocycles. The highest BCUT2D eigenvalue weighted by molar-refractivity contribution is 7.80. The monoisotopic (exact) mass is 271 g/mol. The quantitative estimate of drug-likeness (QED) is 0.491. The second kappa shape index (κ2) is 5.73. The van der Waals surface area contributed by atoms with Crippen molar-refractivity contribution in [2.75, 3.05) is 5.75 Å². The van der Waals surface area contributed by atoms with E-state index in [0.29, 0.717) is 17.9 Å². The Morgan fingerprint density at radius 1 is 1.39 bits per heavy atom. The second-order valence-electron chi connectivity index (χ2n) is 4.80. The minimum absolute atomic E-state index is 0.0558. The Labute approximate surface area is 113 Å². The third-order valence-corrected chi connectivity index (χ3v) is 4.52. The van der Waals surface area contributed by atoms with Gasteiger partial charge in [0.15, 0.2) is 0 Å². The Morgan fingerprint density at radius 3 is 2.28 bits per heavy atom. The molecule has 0 spiro atoms. The summed E-state index contributed by atoms with van der Waals surface area (Å²) in [6.45, 7) is 8.37. The van der Waals surface area contributed by atoms with Crippen LogP contribution in [0.3, 0.4) is 0 Å². The van der Waals surface area contributed by atoms with Crippen LogP contribution >= 0.6 is 12.6 Å². The van der Waals surface area contributed by atoms with Gasteiger partial charge in [0.2, 0.25) is 0 Å². The summed E-state index contributed by atoms with van der Waals surface area (Å²) in [7, 11) is 0. The van der Waals surface area contributed by atoms with Crippen molar-refractivity contribution in [3.05, 3.63) is 21.5 Å². The minimum atomic E-state index is -0.353.